The highest BCUT2D eigenvalue weighted by Gasteiger charge is 2.27. The predicted octanol–water partition coefficient (Wildman–Crippen LogP) is 3.81. The molecule has 214 valence electrons. The van der Waals surface area contributed by atoms with Crippen molar-refractivity contribution in [2.75, 3.05) is 68.1 Å². The van der Waals surface area contributed by atoms with Gasteiger partial charge >= 0.3 is 0 Å². The number of halogens is 3. The van der Waals surface area contributed by atoms with Gasteiger partial charge in [-0.2, -0.15) is 0 Å². The summed E-state index contributed by atoms with van der Waals surface area (Å²) < 4.78 is 49.7. The third-order valence-corrected chi connectivity index (χ3v) is 8.33. The number of amides is 1. The van der Waals surface area contributed by atoms with Crippen molar-refractivity contribution in [1.82, 2.24) is 14.5 Å². The quantitative estimate of drug-likeness (QED) is 0.478. The topological polar surface area (TPSA) is 82.9 Å². The van der Waals surface area contributed by atoms with Gasteiger partial charge in [-0.1, -0.05) is 0 Å². The van der Waals surface area contributed by atoms with Crippen LogP contribution in [0, 0.1) is 5.82 Å². The predicted molar refractivity (Wildman–Crippen MR) is 149 cm³/mol. The van der Waals surface area contributed by atoms with Crippen molar-refractivity contribution in [3.63, 3.8) is 0 Å². The van der Waals surface area contributed by atoms with Crippen LogP contribution in [0.5, 0.6) is 0 Å². The number of pyridine rings is 1. The molecule has 1 amide bonds. The molecule has 0 radical (unpaired) electrons. The van der Waals surface area contributed by atoms with Gasteiger partial charge in [0, 0.05) is 74.6 Å². The van der Waals surface area contributed by atoms with Gasteiger partial charge in [0.15, 0.2) is 5.13 Å². The first kappa shape index (κ1) is 28.1. The molecule has 1 N–H and O–H groups in total. The maximum Gasteiger partial charge on any atom is 0.264 e. The van der Waals surface area contributed by atoms with Crippen molar-refractivity contribution < 1.29 is 22.7 Å². The van der Waals surface area contributed by atoms with Crippen LogP contribution in [0.1, 0.15) is 29.3 Å². The Morgan fingerprint density at radius 2 is 1.88 bits per heavy atom. The van der Waals surface area contributed by atoms with E-state index in [-0.39, 0.29) is 22.9 Å². The molecule has 0 spiro atoms. The minimum atomic E-state index is -3.02. The Labute approximate surface area is 233 Å². The lowest BCUT2D eigenvalue weighted by atomic mass is 10.1. The number of likely N-dealkylation sites (N-methyl/N-ethyl adjacent to an activating group) is 1. The summed E-state index contributed by atoms with van der Waals surface area (Å²) in [6, 6.07) is 3.81. The molecule has 5 rings (SSSR count). The first-order valence-corrected chi connectivity index (χ1v) is 13.9. The Kier molecular flexibility index (Phi) is 8.15. The number of carbonyl (C=O) groups is 1. The molecule has 40 heavy (non-hydrogen) atoms. The van der Waals surface area contributed by atoms with Gasteiger partial charge in [0.25, 0.3) is 17.9 Å². The summed E-state index contributed by atoms with van der Waals surface area (Å²) in [4.78, 5) is 36.2. The van der Waals surface area contributed by atoms with Gasteiger partial charge in [-0.05, 0) is 26.1 Å². The molecule has 0 saturated carbocycles. The van der Waals surface area contributed by atoms with Gasteiger partial charge < -0.3 is 29.3 Å². The molecule has 4 heterocycles. The number of hydrogen-bond donors (Lipinski definition) is 1. The number of ether oxygens (including phenoxy) is 1. The Hall–Kier alpha value is -3.42. The van der Waals surface area contributed by atoms with E-state index >= 15 is 4.39 Å². The van der Waals surface area contributed by atoms with E-state index in [1.165, 1.54) is 30.5 Å². The smallest absolute Gasteiger partial charge is 0.264 e. The van der Waals surface area contributed by atoms with Crippen LogP contribution in [0.3, 0.4) is 0 Å². The third kappa shape index (κ3) is 5.72. The van der Waals surface area contributed by atoms with Crippen molar-refractivity contribution >= 4 is 33.8 Å². The maximum absolute atomic E-state index is 15.7. The Morgan fingerprint density at radius 1 is 1.12 bits per heavy atom. The highest BCUT2D eigenvalue weighted by molar-refractivity contribution is 7.14. The van der Waals surface area contributed by atoms with Crippen LogP contribution in [0.15, 0.2) is 34.6 Å². The number of aryl methyl sites for hydroxylation is 1. The number of aromatic nitrogens is 2. The van der Waals surface area contributed by atoms with E-state index in [4.69, 9.17) is 4.74 Å². The number of anilines is 3. The van der Waals surface area contributed by atoms with E-state index < -0.39 is 29.3 Å². The standard InChI is InChI=1S/C27H31F3N6O3S/c1-16-13-36(5-4-33(16)2)23-12-20(28)18(22-15-40-27(32-22)35-6-8-39-9-7-35)10-21(23)31-26(38)19-14-34(3)24(37)11-17(19)25(29)30/h10-12,14-16,25H,4-9,13H2,1-3H3,(H,31,38). The summed E-state index contributed by atoms with van der Waals surface area (Å²) >= 11 is 1.39. The fraction of sp³-hybridized carbons (Fsp3) is 0.444. The van der Waals surface area contributed by atoms with Crippen LogP contribution < -0.4 is 20.7 Å². The number of thiazole rings is 1. The SMILES string of the molecule is CC1CN(c2cc(F)c(-c3csc(N4CCOCC4)n3)cc2NC(=O)c2cn(C)c(=O)cc2C(F)F)CCN1C. The molecule has 3 aromatic rings. The van der Waals surface area contributed by atoms with Gasteiger partial charge in [-0.3, -0.25) is 9.59 Å². The highest BCUT2D eigenvalue weighted by Crippen LogP contribution is 2.37. The number of nitrogens with one attached hydrogen (secondary N) is 1. The summed E-state index contributed by atoms with van der Waals surface area (Å²) in [5.74, 6) is -1.33. The Morgan fingerprint density at radius 3 is 2.58 bits per heavy atom. The molecule has 2 saturated heterocycles. The second-order valence-electron chi connectivity index (χ2n) is 10.1. The van der Waals surface area contributed by atoms with Gasteiger partial charge in [0.05, 0.1) is 35.8 Å². The monoisotopic (exact) mass is 576 g/mol. The van der Waals surface area contributed by atoms with Crippen LogP contribution >= 0.6 is 11.3 Å². The van der Waals surface area contributed by atoms with Gasteiger partial charge in [0.1, 0.15) is 5.82 Å². The second kappa shape index (κ2) is 11.6. The highest BCUT2D eigenvalue weighted by atomic mass is 32.1. The summed E-state index contributed by atoms with van der Waals surface area (Å²) in [5.41, 5.74) is -0.326. The molecule has 1 aromatic carbocycles. The minimum absolute atomic E-state index is 0.170. The maximum atomic E-state index is 15.7. The first-order valence-electron chi connectivity index (χ1n) is 13.0. The first-order chi connectivity index (χ1) is 19.1. The van der Waals surface area contributed by atoms with Gasteiger partial charge in [-0.15, -0.1) is 11.3 Å². The summed E-state index contributed by atoms with van der Waals surface area (Å²) in [6.07, 6.45) is -1.93. The molecule has 0 aliphatic carbocycles. The zero-order chi connectivity index (χ0) is 28.6. The lowest BCUT2D eigenvalue weighted by Gasteiger charge is -2.39. The fourth-order valence-electron chi connectivity index (χ4n) is 4.88. The van der Waals surface area contributed by atoms with Gasteiger partial charge in [0.2, 0.25) is 0 Å². The van der Waals surface area contributed by atoms with E-state index in [1.807, 2.05) is 11.9 Å². The van der Waals surface area contributed by atoms with Crippen molar-refractivity contribution in [2.45, 2.75) is 19.4 Å². The lowest BCUT2D eigenvalue weighted by molar-refractivity contribution is 0.101. The molecule has 1 unspecified atom stereocenters. The van der Waals surface area contributed by atoms with Crippen molar-refractivity contribution in [1.29, 1.82) is 0 Å². The largest absolute Gasteiger partial charge is 0.378 e. The van der Waals surface area contributed by atoms with E-state index in [0.29, 0.717) is 50.8 Å². The number of benzene rings is 1. The number of nitrogens with zero attached hydrogens (tertiary/aromatic N) is 5. The lowest BCUT2D eigenvalue weighted by Crippen LogP contribution is -2.50. The average Bonchev–Trinajstić information content (AvgIpc) is 3.43. The molecule has 2 fully saturated rings. The molecule has 0 bridgehead atoms. The fourth-order valence-corrected chi connectivity index (χ4v) is 5.76. The van der Waals surface area contributed by atoms with E-state index in [9.17, 15) is 18.4 Å². The molecule has 2 aliphatic rings. The molecule has 1 atom stereocenters. The number of alkyl halides is 2. The number of morpholine rings is 1. The molecular formula is C27H31F3N6O3S. The number of piperazine rings is 1. The van der Waals surface area contributed by atoms with Crippen LogP contribution in [0.25, 0.3) is 11.3 Å². The zero-order valence-electron chi connectivity index (χ0n) is 22.5. The Balaban J connectivity index is 1.54. The molecule has 2 aliphatic heterocycles. The van der Waals surface area contributed by atoms with Crippen LogP contribution in [-0.2, 0) is 11.8 Å². The normalized spacial score (nSPS) is 18.4. The number of rotatable bonds is 6. The van der Waals surface area contributed by atoms with E-state index in [1.54, 1.807) is 5.38 Å². The van der Waals surface area contributed by atoms with Crippen LogP contribution in [0.2, 0.25) is 0 Å². The molecule has 9 nitrogen and oxygen atoms in total. The second-order valence-corrected chi connectivity index (χ2v) is 10.9. The van der Waals surface area contributed by atoms with E-state index in [0.717, 1.165) is 28.5 Å². The number of hydrogen-bond acceptors (Lipinski definition) is 8. The van der Waals surface area contributed by atoms with Crippen LogP contribution in [0.4, 0.5) is 29.7 Å². The minimum Gasteiger partial charge on any atom is -0.378 e. The number of carbonyl (C=O) groups excluding carboxylic acids is 1. The zero-order valence-corrected chi connectivity index (χ0v) is 23.3. The summed E-state index contributed by atoms with van der Waals surface area (Å²) in [6.45, 7) is 6.49. The molecule has 2 aromatic heterocycles. The summed E-state index contributed by atoms with van der Waals surface area (Å²) in [7, 11) is 3.39. The van der Waals surface area contributed by atoms with E-state index in [2.05, 4.69) is 27.0 Å². The average molecular weight is 577 g/mol. The van der Waals surface area contributed by atoms with Crippen molar-refractivity contribution in [2.24, 2.45) is 7.05 Å². The van der Waals surface area contributed by atoms with Crippen molar-refractivity contribution in [3.8, 4) is 11.3 Å². The van der Waals surface area contributed by atoms with Crippen LogP contribution in [-0.4, -0.2) is 79.4 Å². The van der Waals surface area contributed by atoms with Crippen molar-refractivity contribution in [3.05, 3.63) is 57.1 Å². The Bertz CT molecular complexity index is 1460. The molecule has 13 heteroatoms. The molecular weight excluding hydrogens is 545 g/mol. The third-order valence-electron chi connectivity index (χ3n) is 7.42. The summed E-state index contributed by atoms with van der Waals surface area (Å²) in [5, 5.41) is 5.24. The van der Waals surface area contributed by atoms with Gasteiger partial charge in [-0.25, -0.2) is 18.2 Å².